The van der Waals surface area contributed by atoms with E-state index in [9.17, 15) is 9.59 Å². The molecular weight excluding hydrogens is 370 g/mol. The van der Waals surface area contributed by atoms with Crippen LogP contribution in [-0.4, -0.2) is 42.9 Å². The van der Waals surface area contributed by atoms with E-state index in [2.05, 4.69) is 33.0 Å². The molecule has 0 aliphatic carbocycles. The number of benzene rings is 1. The number of carbonyl (C=O) groups excluding carboxylic acids is 2. The van der Waals surface area contributed by atoms with Crippen LogP contribution < -0.4 is 10.6 Å². The first-order valence-corrected chi connectivity index (χ1v) is 10.6. The van der Waals surface area contributed by atoms with Crippen LogP contribution in [0.5, 0.6) is 0 Å². The number of hydrogen-bond acceptors (Lipinski definition) is 4. The highest BCUT2D eigenvalue weighted by atomic mass is 32.1. The van der Waals surface area contributed by atoms with Gasteiger partial charge in [0, 0.05) is 30.6 Å². The lowest BCUT2D eigenvalue weighted by atomic mass is 9.98. The molecule has 2 N–H and O–H groups in total. The van der Waals surface area contributed by atoms with Crippen LogP contribution in [0.1, 0.15) is 23.3 Å². The van der Waals surface area contributed by atoms with Crippen LogP contribution in [-0.2, 0) is 16.1 Å². The van der Waals surface area contributed by atoms with Crippen LogP contribution in [0, 0.1) is 5.92 Å². The Morgan fingerprint density at radius 1 is 1.14 bits per heavy atom. The zero-order valence-corrected chi connectivity index (χ0v) is 16.8. The van der Waals surface area contributed by atoms with Gasteiger partial charge in [-0.15, -0.1) is 11.3 Å². The van der Waals surface area contributed by atoms with Crippen molar-refractivity contribution in [3.8, 4) is 0 Å². The highest BCUT2D eigenvalue weighted by molar-refractivity contribution is 7.09. The van der Waals surface area contributed by atoms with Gasteiger partial charge in [-0.25, -0.2) is 0 Å². The number of hydrogen-bond donors (Lipinski definition) is 2. The molecule has 1 unspecified atom stereocenters. The van der Waals surface area contributed by atoms with E-state index in [1.54, 1.807) is 17.4 Å². The average molecular weight is 398 g/mol. The van der Waals surface area contributed by atoms with E-state index in [1.165, 1.54) is 11.0 Å². The zero-order valence-electron chi connectivity index (χ0n) is 16.0. The molecule has 0 radical (unpaired) electrons. The smallest absolute Gasteiger partial charge is 0.244 e. The summed E-state index contributed by atoms with van der Waals surface area (Å²) in [6.45, 7) is 3.78. The summed E-state index contributed by atoms with van der Waals surface area (Å²) < 4.78 is 0. The third-order valence-electron chi connectivity index (χ3n) is 4.80. The number of amides is 2. The Morgan fingerprint density at radius 2 is 2.00 bits per heavy atom. The predicted molar refractivity (Wildman–Crippen MR) is 114 cm³/mol. The van der Waals surface area contributed by atoms with Gasteiger partial charge in [0.15, 0.2) is 0 Å². The number of thiophene rings is 1. The van der Waals surface area contributed by atoms with Crippen molar-refractivity contribution < 1.29 is 9.59 Å². The summed E-state index contributed by atoms with van der Waals surface area (Å²) in [6.07, 6.45) is 5.48. The summed E-state index contributed by atoms with van der Waals surface area (Å²) in [5.74, 6) is 0.0574. The Labute approximate surface area is 170 Å². The molecule has 2 aromatic rings. The summed E-state index contributed by atoms with van der Waals surface area (Å²) >= 11 is 1.79. The van der Waals surface area contributed by atoms with Crippen molar-refractivity contribution >= 4 is 29.2 Å². The molecule has 1 aliphatic heterocycles. The Balaban J connectivity index is 1.33. The molecule has 0 spiro atoms. The average Bonchev–Trinajstić information content (AvgIpc) is 3.23. The summed E-state index contributed by atoms with van der Waals surface area (Å²) in [5, 5.41) is 7.70. The van der Waals surface area contributed by atoms with Gasteiger partial charge in [0.1, 0.15) is 0 Å². The molecule has 0 bridgehead atoms. The van der Waals surface area contributed by atoms with Gasteiger partial charge in [-0.05, 0) is 48.4 Å². The first kappa shape index (κ1) is 20.3. The monoisotopic (exact) mass is 397 g/mol. The molecule has 1 atom stereocenters. The second-order valence-electron chi connectivity index (χ2n) is 7.09. The van der Waals surface area contributed by atoms with Crippen molar-refractivity contribution in [1.29, 1.82) is 0 Å². The molecule has 1 saturated heterocycles. The molecule has 0 saturated carbocycles. The van der Waals surface area contributed by atoms with Crippen LogP contribution in [0.25, 0.3) is 6.08 Å². The number of nitrogens with one attached hydrogen (secondary N) is 2. The molecule has 2 amide bonds. The second-order valence-corrected chi connectivity index (χ2v) is 8.12. The van der Waals surface area contributed by atoms with Crippen molar-refractivity contribution in [2.45, 2.75) is 19.4 Å². The number of likely N-dealkylation sites (tertiary alicyclic amines) is 1. The third-order valence-corrected chi connectivity index (χ3v) is 5.66. The first-order valence-electron chi connectivity index (χ1n) is 9.71. The van der Waals surface area contributed by atoms with Gasteiger partial charge in [-0.2, -0.15) is 0 Å². The predicted octanol–water partition coefficient (Wildman–Crippen LogP) is 2.91. The molecule has 1 aromatic carbocycles. The van der Waals surface area contributed by atoms with Crippen LogP contribution in [0.2, 0.25) is 0 Å². The minimum Gasteiger partial charge on any atom is -0.354 e. The first-order chi connectivity index (χ1) is 13.7. The van der Waals surface area contributed by atoms with Crippen LogP contribution in [0.15, 0.2) is 53.9 Å². The van der Waals surface area contributed by atoms with Crippen molar-refractivity contribution in [3.63, 3.8) is 0 Å². The van der Waals surface area contributed by atoms with Crippen molar-refractivity contribution in [3.05, 3.63) is 64.4 Å². The molecule has 28 heavy (non-hydrogen) atoms. The van der Waals surface area contributed by atoms with E-state index < -0.39 is 0 Å². The largest absolute Gasteiger partial charge is 0.354 e. The van der Waals surface area contributed by atoms with E-state index in [-0.39, 0.29) is 18.4 Å². The Bertz CT molecular complexity index is 774. The van der Waals surface area contributed by atoms with E-state index in [0.29, 0.717) is 12.5 Å². The van der Waals surface area contributed by atoms with Crippen LogP contribution >= 0.6 is 11.3 Å². The normalized spacial score (nSPS) is 17.5. The summed E-state index contributed by atoms with van der Waals surface area (Å²) in [5.41, 5.74) is 0.950. The van der Waals surface area contributed by atoms with Gasteiger partial charge in [0.25, 0.3) is 0 Å². The van der Waals surface area contributed by atoms with Gasteiger partial charge >= 0.3 is 0 Å². The van der Waals surface area contributed by atoms with E-state index in [1.807, 2.05) is 30.3 Å². The van der Waals surface area contributed by atoms with E-state index >= 15 is 0 Å². The molecule has 1 aromatic heterocycles. The lowest BCUT2D eigenvalue weighted by Gasteiger charge is -2.32. The van der Waals surface area contributed by atoms with Crippen molar-refractivity contribution in [2.24, 2.45) is 5.92 Å². The maximum atomic E-state index is 12.0. The van der Waals surface area contributed by atoms with E-state index in [0.717, 1.165) is 38.0 Å². The number of nitrogens with zero attached hydrogens (tertiary/aromatic N) is 1. The SMILES string of the molecule is O=C(/C=C/c1ccccc1)NCC(=O)NCC1CCCN(Cc2cccs2)C1. The highest BCUT2D eigenvalue weighted by Crippen LogP contribution is 2.19. The fourth-order valence-electron chi connectivity index (χ4n) is 3.37. The minimum absolute atomic E-state index is 0.00356. The Kier molecular flexibility index (Phi) is 7.82. The van der Waals surface area contributed by atoms with Crippen LogP contribution in [0.3, 0.4) is 0 Å². The Hall–Kier alpha value is -2.44. The maximum Gasteiger partial charge on any atom is 0.244 e. The molecule has 1 aliphatic rings. The number of piperidine rings is 1. The topological polar surface area (TPSA) is 61.4 Å². The van der Waals surface area contributed by atoms with E-state index in [4.69, 9.17) is 0 Å². The Morgan fingerprint density at radius 3 is 2.79 bits per heavy atom. The standard InChI is InChI=1S/C22H27N3O2S/c26-21(11-10-18-6-2-1-3-7-18)24-15-22(27)23-14-19-8-4-12-25(16-19)17-20-9-5-13-28-20/h1-3,5-7,9-11,13,19H,4,8,12,14-17H2,(H,23,27)(H,24,26)/b11-10+. The summed E-state index contributed by atoms with van der Waals surface area (Å²) in [4.78, 5) is 27.7. The zero-order chi connectivity index (χ0) is 19.6. The highest BCUT2D eigenvalue weighted by Gasteiger charge is 2.20. The third kappa shape index (κ3) is 6.94. The quantitative estimate of drug-likeness (QED) is 0.674. The fraction of sp³-hybridized carbons (Fsp3) is 0.364. The molecular formula is C22H27N3O2S. The lowest BCUT2D eigenvalue weighted by molar-refractivity contribution is -0.124. The molecule has 148 valence electrons. The van der Waals surface area contributed by atoms with Crippen molar-refractivity contribution in [2.75, 3.05) is 26.2 Å². The number of carbonyl (C=O) groups is 2. The van der Waals surface area contributed by atoms with Crippen molar-refractivity contribution in [1.82, 2.24) is 15.5 Å². The molecule has 1 fully saturated rings. The maximum absolute atomic E-state index is 12.0. The second kappa shape index (κ2) is 10.8. The molecule has 3 rings (SSSR count). The fourth-order valence-corrected chi connectivity index (χ4v) is 4.11. The molecule has 2 heterocycles. The summed E-state index contributed by atoms with van der Waals surface area (Å²) in [6, 6.07) is 13.9. The van der Waals surface area contributed by atoms with Gasteiger partial charge in [0.05, 0.1) is 6.54 Å². The summed E-state index contributed by atoms with van der Waals surface area (Å²) in [7, 11) is 0. The van der Waals surface area contributed by atoms with Gasteiger partial charge < -0.3 is 10.6 Å². The van der Waals surface area contributed by atoms with Crippen LogP contribution in [0.4, 0.5) is 0 Å². The van der Waals surface area contributed by atoms with Gasteiger partial charge in [-0.3, -0.25) is 14.5 Å². The van der Waals surface area contributed by atoms with Gasteiger partial charge in [-0.1, -0.05) is 36.4 Å². The molecule has 6 heteroatoms. The number of rotatable bonds is 8. The molecule has 5 nitrogen and oxygen atoms in total. The lowest BCUT2D eigenvalue weighted by Crippen LogP contribution is -2.43. The minimum atomic E-state index is -0.265. The van der Waals surface area contributed by atoms with Gasteiger partial charge in [0.2, 0.25) is 11.8 Å².